The first kappa shape index (κ1) is 17.4. The van der Waals surface area contributed by atoms with Crippen LogP contribution >= 0.6 is 24.2 Å². The lowest BCUT2D eigenvalue weighted by Gasteiger charge is -2.54. The van der Waals surface area contributed by atoms with Crippen LogP contribution in [-0.4, -0.2) is 30.5 Å². The number of carbonyl (C=O) groups excluding carboxylic acids is 1. The van der Waals surface area contributed by atoms with Gasteiger partial charge in [0, 0.05) is 6.54 Å². The molecule has 0 spiro atoms. The molecule has 5 heteroatoms. The van der Waals surface area contributed by atoms with Gasteiger partial charge >= 0.3 is 0 Å². The minimum Gasteiger partial charge on any atom is -0.354 e. The molecular weight excluding hydrogens is 304 g/mol. The van der Waals surface area contributed by atoms with E-state index in [0.717, 1.165) is 48.3 Å². The second-order valence-electron chi connectivity index (χ2n) is 7.23. The summed E-state index contributed by atoms with van der Waals surface area (Å²) in [7, 11) is 0. The Morgan fingerprint density at radius 1 is 1.19 bits per heavy atom. The van der Waals surface area contributed by atoms with Gasteiger partial charge in [-0.25, -0.2) is 0 Å². The largest absolute Gasteiger partial charge is 0.354 e. The molecule has 0 saturated heterocycles. The van der Waals surface area contributed by atoms with Crippen LogP contribution in [0.4, 0.5) is 0 Å². The highest BCUT2D eigenvalue weighted by Gasteiger charge is 2.47. The van der Waals surface area contributed by atoms with Crippen molar-refractivity contribution in [3.63, 3.8) is 0 Å². The SMILES string of the molecule is CSCCC(N)C(=O)NCC1C2CC3CC(C2)CC1C3.Cl. The molecule has 1 unspecified atom stereocenters. The Morgan fingerprint density at radius 2 is 1.76 bits per heavy atom. The molecule has 4 fully saturated rings. The van der Waals surface area contributed by atoms with Crippen LogP contribution in [0, 0.1) is 29.6 Å². The van der Waals surface area contributed by atoms with Gasteiger partial charge in [-0.2, -0.15) is 11.8 Å². The van der Waals surface area contributed by atoms with E-state index in [9.17, 15) is 4.79 Å². The number of carbonyl (C=O) groups is 1. The monoisotopic (exact) mass is 332 g/mol. The first-order valence-corrected chi connectivity index (χ1v) is 9.59. The molecule has 21 heavy (non-hydrogen) atoms. The van der Waals surface area contributed by atoms with Gasteiger partial charge in [0.25, 0.3) is 0 Å². The van der Waals surface area contributed by atoms with E-state index < -0.39 is 0 Å². The minimum atomic E-state index is -0.320. The Morgan fingerprint density at radius 3 is 2.29 bits per heavy atom. The van der Waals surface area contributed by atoms with Crippen LogP contribution in [0.1, 0.15) is 38.5 Å². The number of thioether (sulfide) groups is 1. The molecular formula is C16H29ClN2OS. The zero-order valence-corrected chi connectivity index (χ0v) is 14.6. The highest BCUT2D eigenvalue weighted by Crippen LogP contribution is 2.56. The minimum absolute atomic E-state index is 0. The molecule has 0 aromatic heterocycles. The van der Waals surface area contributed by atoms with E-state index in [1.54, 1.807) is 11.8 Å². The number of amides is 1. The number of nitrogens with two attached hydrogens (primary N) is 1. The third kappa shape index (κ3) is 3.89. The molecule has 4 aliphatic rings. The molecule has 0 aliphatic heterocycles. The molecule has 0 aromatic carbocycles. The summed E-state index contributed by atoms with van der Waals surface area (Å²) in [5.74, 6) is 5.55. The van der Waals surface area contributed by atoms with Crippen molar-refractivity contribution in [3.8, 4) is 0 Å². The summed E-state index contributed by atoms with van der Waals surface area (Å²) in [5.41, 5.74) is 5.94. The van der Waals surface area contributed by atoms with E-state index in [-0.39, 0.29) is 24.4 Å². The Labute approximate surface area is 139 Å². The van der Waals surface area contributed by atoms with Crippen LogP contribution in [0.3, 0.4) is 0 Å². The zero-order valence-electron chi connectivity index (χ0n) is 12.9. The van der Waals surface area contributed by atoms with Gasteiger partial charge in [-0.05, 0) is 80.1 Å². The maximum absolute atomic E-state index is 12.0. The van der Waals surface area contributed by atoms with Crippen molar-refractivity contribution >= 4 is 30.1 Å². The zero-order chi connectivity index (χ0) is 14.1. The summed E-state index contributed by atoms with van der Waals surface area (Å²) in [6, 6.07) is -0.320. The summed E-state index contributed by atoms with van der Waals surface area (Å²) in [6.45, 7) is 0.876. The van der Waals surface area contributed by atoms with Gasteiger partial charge in [-0.15, -0.1) is 12.4 Å². The summed E-state index contributed by atoms with van der Waals surface area (Å²) >= 11 is 1.75. The fourth-order valence-corrected chi connectivity index (χ4v) is 5.59. The molecule has 0 heterocycles. The van der Waals surface area contributed by atoms with Crippen molar-refractivity contribution in [2.75, 3.05) is 18.6 Å². The van der Waals surface area contributed by atoms with Gasteiger partial charge in [-0.1, -0.05) is 0 Å². The van der Waals surface area contributed by atoms with E-state index in [2.05, 4.69) is 11.6 Å². The fraction of sp³-hybridized carbons (Fsp3) is 0.938. The second kappa shape index (κ2) is 7.56. The highest BCUT2D eigenvalue weighted by atomic mass is 35.5. The van der Waals surface area contributed by atoms with Crippen molar-refractivity contribution in [2.24, 2.45) is 35.3 Å². The quantitative estimate of drug-likeness (QED) is 0.786. The Kier molecular flexibility index (Phi) is 6.27. The van der Waals surface area contributed by atoms with Crippen molar-refractivity contribution < 1.29 is 4.79 Å². The smallest absolute Gasteiger partial charge is 0.236 e. The molecule has 4 bridgehead atoms. The summed E-state index contributed by atoms with van der Waals surface area (Å²) in [5, 5.41) is 3.15. The van der Waals surface area contributed by atoms with Crippen molar-refractivity contribution in [1.82, 2.24) is 5.32 Å². The maximum atomic E-state index is 12.0. The van der Waals surface area contributed by atoms with Gasteiger partial charge in [0.1, 0.15) is 0 Å². The van der Waals surface area contributed by atoms with Gasteiger partial charge in [0.2, 0.25) is 5.91 Å². The van der Waals surface area contributed by atoms with E-state index in [4.69, 9.17) is 5.73 Å². The van der Waals surface area contributed by atoms with Crippen molar-refractivity contribution in [2.45, 2.75) is 44.6 Å². The third-order valence-corrected chi connectivity index (χ3v) is 6.55. The molecule has 122 valence electrons. The summed E-state index contributed by atoms with van der Waals surface area (Å²) in [6.07, 6.45) is 10.0. The Balaban J connectivity index is 0.00000161. The molecule has 0 aromatic rings. The van der Waals surface area contributed by atoms with Crippen molar-refractivity contribution in [3.05, 3.63) is 0 Å². The van der Waals surface area contributed by atoms with Gasteiger partial charge in [0.15, 0.2) is 0 Å². The van der Waals surface area contributed by atoms with Gasteiger partial charge in [-0.3, -0.25) is 4.79 Å². The van der Waals surface area contributed by atoms with E-state index in [1.807, 2.05) is 0 Å². The Hall–Kier alpha value is 0.0700. The fourth-order valence-electron chi connectivity index (χ4n) is 5.10. The molecule has 3 nitrogen and oxygen atoms in total. The third-order valence-electron chi connectivity index (χ3n) is 5.90. The van der Waals surface area contributed by atoms with Crippen LogP contribution in [0.5, 0.6) is 0 Å². The normalized spacial score (nSPS) is 37.9. The Bertz CT molecular complexity index is 338. The molecule has 4 aliphatic carbocycles. The van der Waals surface area contributed by atoms with Crippen molar-refractivity contribution in [1.29, 1.82) is 0 Å². The maximum Gasteiger partial charge on any atom is 0.236 e. The van der Waals surface area contributed by atoms with Crippen LogP contribution < -0.4 is 11.1 Å². The molecule has 1 amide bonds. The first-order valence-electron chi connectivity index (χ1n) is 8.19. The lowest BCUT2D eigenvalue weighted by Crippen LogP contribution is -2.51. The van der Waals surface area contributed by atoms with E-state index >= 15 is 0 Å². The highest BCUT2D eigenvalue weighted by molar-refractivity contribution is 7.98. The van der Waals surface area contributed by atoms with Gasteiger partial charge in [0.05, 0.1) is 6.04 Å². The average molecular weight is 333 g/mol. The van der Waals surface area contributed by atoms with E-state index in [1.165, 1.54) is 32.1 Å². The number of rotatable bonds is 6. The average Bonchev–Trinajstić information content (AvgIpc) is 2.43. The number of hydrogen-bond donors (Lipinski definition) is 2. The standard InChI is InChI=1S/C16H28N2OS.ClH/c1-20-3-2-15(17)16(19)18-9-14-12-5-10-4-11(7-12)8-13(14)6-10;/h10-15H,2-9,17H2,1H3,(H,18,19);1H. The lowest BCUT2D eigenvalue weighted by atomic mass is 9.52. The van der Waals surface area contributed by atoms with Crippen LogP contribution in [0.15, 0.2) is 0 Å². The van der Waals surface area contributed by atoms with Crippen LogP contribution in [0.25, 0.3) is 0 Å². The number of hydrogen-bond acceptors (Lipinski definition) is 3. The predicted octanol–water partition coefficient (Wildman–Crippen LogP) is 2.68. The molecule has 1 atom stereocenters. The lowest BCUT2D eigenvalue weighted by molar-refractivity contribution is -0.123. The second-order valence-corrected chi connectivity index (χ2v) is 8.21. The first-order chi connectivity index (χ1) is 9.67. The number of halogens is 1. The molecule has 3 N–H and O–H groups in total. The molecule has 0 radical (unpaired) electrons. The summed E-state index contributed by atoms with van der Waals surface area (Å²) < 4.78 is 0. The topological polar surface area (TPSA) is 55.1 Å². The van der Waals surface area contributed by atoms with Gasteiger partial charge < -0.3 is 11.1 Å². The molecule has 4 rings (SSSR count). The van der Waals surface area contributed by atoms with Crippen LogP contribution in [0.2, 0.25) is 0 Å². The predicted molar refractivity (Wildman–Crippen MR) is 91.8 cm³/mol. The van der Waals surface area contributed by atoms with Crippen LogP contribution in [-0.2, 0) is 4.79 Å². The van der Waals surface area contributed by atoms with E-state index in [0.29, 0.717) is 0 Å². The summed E-state index contributed by atoms with van der Waals surface area (Å²) in [4.78, 5) is 12.0. The molecule has 4 saturated carbocycles. The number of nitrogens with one attached hydrogen (secondary N) is 1.